The maximum absolute atomic E-state index is 9.50. The van der Waals surface area contributed by atoms with Gasteiger partial charge in [0.1, 0.15) is 11.2 Å². The van der Waals surface area contributed by atoms with Gasteiger partial charge >= 0.3 is 0 Å². The molecule has 0 unspecified atom stereocenters. The third-order valence-corrected chi connectivity index (χ3v) is 8.42. The molecule has 1 aromatic heterocycles. The summed E-state index contributed by atoms with van der Waals surface area (Å²) >= 11 is 0. The Bertz CT molecular complexity index is 2960. The highest BCUT2D eigenvalue weighted by molar-refractivity contribution is 6.22. The lowest BCUT2D eigenvalue weighted by Crippen LogP contribution is -1.91. The van der Waals surface area contributed by atoms with Crippen LogP contribution in [0.3, 0.4) is 0 Å². The highest BCUT2D eigenvalue weighted by Gasteiger charge is 2.18. The number of benzene rings is 8. The fraction of sp³-hybridized carbons (Fsp3) is 0. The number of fused-ring (bicyclic) bond motifs is 5. The van der Waals surface area contributed by atoms with E-state index in [0.29, 0.717) is 16.3 Å². The molecular weight excluding hydrogens is 544 g/mol. The summed E-state index contributed by atoms with van der Waals surface area (Å²) in [5, 5.41) is 5.00. The number of hydrogen-bond donors (Lipinski definition) is 0. The van der Waals surface area contributed by atoms with Crippen LogP contribution in [-0.2, 0) is 0 Å². The van der Waals surface area contributed by atoms with Crippen LogP contribution in [0.25, 0.3) is 88.0 Å². The van der Waals surface area contributed by atoms with E-state index in [0.717, 1.165) is 55.0 Å². The van der Waals surface area contributed by atoms with Crippen LogP contribution >= 0.6 is 0 Å². The standard InChI is InChI=1S/C44H28O/c1-3-12-29(13-4-1)31-16-11-17-33(26-31)43-36-18-7-9-20-38(36)44(39-21-10-8-19-37(39)43)34-22-24-35-40-27-32(30-14-5-2-6-15-30)23-25-41(40)45-42(35)28-34/h1-28H/i1D,3D,4D,11D,12D,13D,16D,17D,26D. The highest BCUT2D eigenvalue weighted by atomic mass is 16.3. The summed E-state index contributed by atoms with van der Waals surface area (Å²) in [6, 6.07) is 33.1. The van der Waals surface area contributed by atoms with E-state index in [-0.39, 0.29) is 28.8 Å². The average Bonchev–Trinajstić information content (AvgIpc) is 3.57. The second kappa shape index (κ2) is 10.4. The van der Waals surface area contributed by atoms with E-state index in [1.165, 1.54) is 0 Å². The minimum absolute atomic E-state index is 0.0405. The fourth-order valence-electron chi connectivity index (χ4n) is 6.42. The topological polar surface area (TPSA) is 13.1 Å². The number of furan rings is 1. The van der Waals surface area contributed by atoms with Crippen molar-refractivity contribution < 1.29 is 16.8 Å². The van der Waals surface area contributed by atoms with Gasteiger partial charge in [0.2, 0.25) is 0 Å². The molecule has 8 aromatic carbocycles. The molecule has 0 aliphatic rings. The predicted octanol–water partition coefficient (Wildman–Crippen LogP) is 12.6. The Morgan fingerprint density at radius 2 is 0.956 bits per heavy atom. The molecule has 0 bridgehead atoms. The molecule has 0 spiro atoms. The van der Waals surface area contributed by atoms with Crippen molar-refractivity contribution in [1.29, 1.82) is 0 Å². The van der Waals surface area contributed by atoms with E-state index in [2.05, 4.69) is 36.4 Å². The van der Waals surface area contributed by atoms with Crippen molar-refractivity contribution in [3.63, 3.8) is 0 Å². The number of hydrogen-bond acceptors (Lipinski definition) is 1. The van der Waals surface area contributed by atoms with Gasteiger partial charge in [-0.25, -0.2) is 0 Å². The molecule has 210 valence electrons. The van der Waals surface area contributed by atoms with Gasteiger partial charge in [-0.1, -0.05) is 139 Å². The summed E-state index contributed by atoms with van der Waals surface area (Å²) in [5.74, 6) is 0. The summed E-state index contributed by atoms with van der Waals surface area (Å²) in [7, 11) is 0. The first kappa shape index (κ1) is 18.0. The third kappa shape index (κ3) is 4.24. The Hall–Kier alpha value is -5.92. The minimum Gasteiger partial charge on any atom is -0.456 e. The van der Waals surface area contributed by atoms with Crippen molar-refractivity contribution >= 4 is 43.5 Å². The molecule has 9 rings (SSSR count). The van der Waals surface area contributed by atoms with Crippen LogP contribution in [0.2, 0.25) is 0 Å². The first-order valence-corrected chi connectivity index (χ1v) is 14.7. The summed E-state index contributed by atoms with van der Waals surface area (Å²) in [6.07, 6.45) is 0. The second-order valence-electron chi connectivity index (χ2n) is 11.0. The minimum atomic E-state index is -0.605. The van der Waals surface area contributed by atoms with Gasteiger partial charge in [0.15, 0.2) is 0 Å². The molecule has 0 amide bonds. The Labute approximate surface area is 274 Å². The van der Waals surface area contributed by atoms with Gasteiger partial charge < -0.3 is 4.42 Å². The van der Waals surface area contributed by atoms with Crippen molar-refractivity contribution in [3.8, 4) is 44.5 Å². The zero-order valence-corrected chi connectivity index (χ0v) is 23.9. The highest BCUT2D eigenvalue weighted by Crippen LogP contribution is 2.45. The summed E-state index contributed by atoms with van der Waals surface area (Å²) < 4.78 is 84.6. The Morgan fingerprint density at radius 3 is 1.67 bits per heavy atom. The SMILES string of the molecule is [2H]c1c([2H])c([2H])c(-c2c([2H])c([2H])c([2H])c(-c3c4ccccc4c(-c4ccc5c(c4)oc4ccc(-c6ccccc6)cc45)c4ccccc34)c2[2H])c([2H])c1[2H]. The van der Waals surface area contributed by atoms with E-state index in [9.17, 15) is 1.37 Å². The molecule has 0 atom stereocenters. The predicted molar refractivity (Wildman–Crippen MR) is 190 cm³/mol. The van der Waals surface area contributed by atoms with Gasteiger partial charge in [0.05, 0.1) is 12.3 Å². The zero-order chi connectivity index (χ0) is 37.6. The lowest BCUT2D eigenvalue weighted by atomic mass is 9.85. The van der Waals surface area contributed by atoms with Crippen molar-refractivity contribution in [1.82, 2.24) is 0 Å². The lowest BCUT2D eigenvalue weighted by molar-refractivity contribution is 0.669. The molecule has 0 saturated carbocycles. The molecule has 0 N–H and O–H groups in total. The van der Waals surface area contributed by atoms with Crippen molar-refractivity contribution in [2.24, 2.45) is 0 Å². The van der Waals surface area contributed by atoms with Gasteiger partial charge in [0.25, 0.3) is 0 Å². The number of rotatable bonds is 4. The largest absolute Gasteiger partial charge is 0.456 e. The molecule has 9 aromatic rings. The molecule has 0 aliphatic carbocycles. The summed E-state index contributed by atoms with van der Waals surface area (Å²) in [5.41, 5.74) is 5.40. The van der Waals surface area contributed by atoms with Crippen LogP contribution in [0.5, 0.6) is 0 Å². The van der Waals surface area contributed by atoms with E-state index in [4.69, 9.17) is 15.4 Å². The van der Waals surface area contributed by atoms with E-state index in [1.807, 2.05) is 78.9 Å². The molecule has 0 saturated heterocycles. The molecule has 1 heterocycles. The molecule has 45 heavy (non-hydrogen) atoms. The molecule has 1 nitrogen and oxygen atoms in total. The van der Waals surface area contributed by atoms with Gasteiger partial charge in [0, 0.05) is 10.8 Å². The summed E-state index contributed by atoms with van der Waals surface area (Å²) in [4.78, 5) is 0. The molecule has 0 radical (unpaired) electrons. The van der Waals surface area contributed by atoms with Crippen molar-refractivity contribution in [2.45, 2.75) is 0 Å². The first-order valence-electron chi connectivity index (χ1n) is 19.2. The maximum Gasteiger partial charge on any atom is 0.136 e. The molecular formula is C44H28O. The van der Waals surface area contributed by atoms with Gasteiger partial charge in [-0.15, -0.1) is 0 Å². The van der Waals surface area contributed by atoms with Crippen molar-refractivity contribution in [3.05, 3.63) is 170 Å². The first-order chi connectivity index (χ1) is 26.1. The van der Waals surface area contributed by atoms with E-state index >= 15 is 0 Å². The Morgan fingerprint density at radius 1 is 0.356 bits per heavy atom. The van der Waals surface area contributed by atoms with Gasteiger partial charge in [-0.05, 0) is 96.4 Å². The quantitative estimate of drug-likeness (QED) is 0.188. The Balaban J connectivity index is 1.32. The van der Waals surface area contributed by atoms with Gasteiger partial charge in [-0.3, -0.25) is 0 Å². The normalized spacial score (nSPS) is 14.4. The molecule has 0 fully saturated rings. The fourth-order valence-corrected chi connectivity index (χ4v) is 6.42. The smallest absolute Gasteiger partial charge is 0.136 e. The van der Waals surface area contributed by atoms with Crippen LogP contribution < -0.4 is 0 Å². The summed E-state index contributed by atoms with van der Waals surface area (Å²) in [6.45, 7) is 0. The maximum atomic E-state index is 9.50. The van der Waals surface area contributed by atoms with Gasteiger partial charge in [-0.2, -0.15) is 0 Å². The zero-order valence-electron chi connectivity index (χ0n) is 32.9. The average molecular weight is 582 g/mol. The third-order valence-electron chi connectivity index (χ3n) is 8.42. The van der Waals surface area contributed by atoms with E-state index < -0.39 is 42.3 Å². The monoisotopic (exact) mass is 581 g/mol. The lowest BCUT2D eigenvalue weighted by Gasteiger charge is -2.18. The Kier molecular flexibility index (Phi) is 4.15. The van der Waals surface area contributed by atoms with Crippen LogP contribution in [0, 0.1) is 0 Å². The van der Waals surface area contributed by atoms with Crippen molar-refractivity contribution in [2.75, 3.05) is 0 Å². The molecule has 0 aliphatic heterocycles. The molecule has 1 heteroatoms. The van der Waals surface area contributed by atoms with E-state index in [1.54, 1.807) is 0 Å². The van der Waals surface area contributed by atoms with Crippen LogP contribution in [0.4, 0.5) is 0 Å². The van der Waals surface area contributed by atoms with Crippen LogP contribution in [0.1, 0.15) is 12.3 Å². The van der Waals surface area contributed by atoms with Crippen LogP contribution in [0.15, 0.2) is 174 Å². The second-order valence-corrected chi connectivity index (χ2v) is 11.0. The van der Waals surface area contributed by atoms with Crippen LogP contribution in [-0.4, -0.2) is 0 Å².